The lowest BCUT2D eigenvalue weighted by molar-refractivity contribution is -0.121. The summed E-state index contributed by atoms with van der Waals surface area (Å²) in [6.45, 7) is 2.39. The molecule has 1 aliphatic rings. The summed E-state index contributed by atoms with van der Waals surface area (Å²) < 4.78 is 19.3. The van der Waals surface area contributed by atoms with Crippen LogP contribution in [0.25, 0.3) is 0 Å². The van der Waals surface area contributed by atoms with E-state index in [1.807, 2.05) is 13.0 Å². The van der Waals surface area contributed by atoms with Crippen molar-refractivity contribution in [3.05, 3.63) is 52.1 Å². The first-order valence-electron chi connectivity index (χ1n) is 7.40. The molecule has 0 aliphatic carbocycles. The first-order valence-corrected chi connectivity index (χ1v) is 7.77. The summed E-state index contributed by atoms with van der Waals surface area (Å²) in [7, 11) is 0. The van der Waals surface area contributed by atoms with E-state index in [0.717, 1.165) is 5.69 Å². The lowest BCUT2D eigenvalue weighted by Gasteiger charge is -2.20. The van der Waals surface area contributed by atoms with Gasteiger partial charge in [-0.25, -0.2) is 4.39 Å². The second-order valence-corrected chi connectivity index (χ2v) is 6.05. The third kappa shape index (κ3) is 3.71. The van der Waals surface area contributed by atoms with Crippen molar-refractivity contribution in [1.82, 2.24) is 15.5 Å². The normalized spacial score (nSPS) is 20.7. The highest BCUT2D eigenvalue weighted by Gasteiger charge is 2.31. The average molecular weight is 338 g/mol. The number of hydrogen-bond acceptors (Lipinski definition) is 3. The number of hydrogen-bond donors (Lipinski definition) is 2. The second kappa shape index (κ2) is 6.68. The molecule has 122 valence electrons. The van der Waals surface area contributed by atoms with Crippen LogP contribution in [0.3, 0.4) is 0 Å². The summed E-state index contributed by atoms with van der Waals surface area (Å²) >= 11 is 5.70. The van der Waals surface area contributed by atoms with Crippen molar-refractivity contribution >= 4 is 17.5 Å². The van der Waals surface area contributed by atoms with E-state index < -0.39 is 5.82 Å². The standard InChI is InChI=1S/C16H17ClFN3O2/c1-9-6-11(21-20-9)8-15(22)19-14-4-5-23-16(14)10-2-3-12(17)13(18)7-10/h2-3,6-7,14,16H,4-5,8H2,1H3,(H,19,22)(H,20,21)/t14-,16-/m1/s1. The Morgan fingerprint density at radius 1 is 1.52 bits per heavy atom. The second-order valence-electron chi connectivity index (χ2n) is 5.65. The number of rotatable bonds is 4. The van der Waals surface area contributed by atoms with Crippen LogP contribution in [0.15, 0.2) is 24.3 Å². The number of benzene rings is 1. The SMILES string of the molecule is Cc1cc(CC(=O)N[C@@H]2CCO[C@@H]2c2ccc(Cl)c(F)c2)n[nH]1. The minimum absolute atomic E-state index is 0.0706. The molecule has 2 atom stereocenters. The Morgan fingerprint density at radius 3 is 3.04 bits per heavy atom. The van der Waals surface area contributed by atoms with Gasteiger partial charge in [-0.3, -0.25) is 9.89 Å². The number of amides is 1. The van der Waals surface area contributed by atoms with Crippen molar-refractivity contribution in [3.8, 4) is 0 Å². The molecule has 2 heterocycles. The minimum Gasteiger partial charge on any atom is -0.371 e. The zero-order chi connectivity index (χ0) is 16.4. The molecule has 0 radical (unpaired) electrons. The molecular formula is C16H17ClFN3O2. The highest BCUT2D eigenvalue weighted by molar-refractivity contribution is 6.30. The Balaban J connectivity index is 1.66. The maximum Gasteiger partial charge on any atom is 0.226 e. The maximum atomic E-state index is 13.6. The average Bonchev–Trinajstić information content (AvgIpc) is 3.11. The van der Waals surface area contributed by atoms with E-state index in [4.69, 9.17) is 16.3 Å². The fourth-order valence-corrected chi connectivity index (χ4v) is 2.86. The molecule has 3 rings (SSSR count). The lowest BCUT2D eigenvalue weighted by Crippen LogP contribution is -2.37. The van der Waals surface area contributed by atoms with Crippen molar-refractivity contribution in [2.24, 2.45) is 0 Å². The molecule has 1 amide bonds. The number of aryl methyl sites for hydroxylation is 1. The Kier molecular flexibility index (Phi) is 4.63. The number of carbonyl (C=O) groups excluding carboxylic acids is 1. The van der Waals surface area contributed by atoms with Crippen LogP contribution in [0, 0.1) is 12.7 Å². The monoisotopic (exact) mass is 337 g/mol. The van der Waals surface area contributed by atoms with E-state index in [0.29, 0.717) is 24.3 Å². The van der Waals surface area contributed by atoms with Crippen LogP contribution in [0.4, 0.5) is 4.39 Å². The summed E-state index contributed by atoms with van der Waals surface area (Å²) in [5.74, 6) is -0.622. The van der Waals surface area contributed by atoms with Gasteiger partial charge in [0.2, 0.25) is 5.91 Å². The predicted octanol–water partition coefficient (Wildman–Crippen LogP) is 2.70. The van der Waals surface area contributed by atoms with Gasteiger partial charge in [-0.2, -0.15) is 5.10 Å². The number of H-pyrrole nitrogens is 1. The molecular weight excluding hydrogens is 321 g/mol. The van der Waals surface area contributed by atoms with Crippen molar-refractivity contribution in [2.75, 3.05) is 6.61 Å². The maximum absolute atomic E-state index is 13.6. The molecule has 23 heavy (non-hydrogen) atoms. The van der Waals surface area contributed by atoms with E-state index >= 15 is 0 Å². The van der Waals surface area contributed by atoms with Crippen LogP contribution in [0.2, 0.25) is 5.02 Å². The third-order valence-electron chi connectivity index (χ3n) is 3.81. The van der Waals surface area contributed by atoms with Gasteiger partial charge in [0.05, 0.1) is 23.2 Å². The molecule has 7 heteroatoms. The fraction of sp³-hybridized carbons (Fsp3) is 0.375. The summed E-state index contributed by atoms with van der Waals surface area (Å²) in [6, 6.07) is 6.21. The molecule has 1 aliphatic heterocycles. The first-order chi connectivity index (χ1) is 11.0. The van der Waals surface area contributed by atoms with Gasteiger partial charge in [0.15, 0.2) is 0 Å². The number of nitrogens with zero attached hydrogens (tertiary/aromatic N) is 1. The highest BCUT2D eigenvalue weighted by atomic mass is 35.5. The minimum atomic E-state index is -0.489. The number of aromatic amines is 1. The van der Waals surface area contributed by atoms with Gasteiger partial charge in [0, 0.05) is 12.3 Å². The fourth-order valence-electron chi connectivity index (χ4n) is 2.74. The molecule has 0 unspecified atom stereocenters. The van der Waals surface area contributed by atoms with Crippen LogP contribution in [-0.2, 0) is 16.0 Å². The van der Waals surface area contributed by atoms with Crippen molar-refractivity contribution in [2.45, 2.75) is 31.9 Å². The molecule has 5 nitrogen and oxygen atoms in total. The lowest BCUT2D eigenvalue weighted by atomic mass is 10.0. The highest BCUT2D eigenvalue weighted by Crippen LogP contribution is 2.31. The molecule has 1 fully saturated rings. The summed E-state index contributed by atoms with van der Waals surface area (Å²) in [5.41, 5.74) is 2.27. The van der Waals surface area contributed by atoms with Crippen molar-refractivity contribution < 1.29 is 13.9 Å². The topological polar surface area (TPSA) is 67.0 Å². The van der Waals surface area contributed by atoms with Crippen LogP contribution < -0.4 is 5.32 Å². The van der Waals surface area contributed by atoms with Crippen LogP contribution in [0.5, 0.6) is 0 Å². The van der Waals surface area contributed by atoms with E-state index in [1.54, 1.807) is 6.07 Å². The Labute approximate surface area is 138 Å². The Hall–Kier alpha value is -1.92. The van der Waals surface area contributed by atoms with Crippen molar-refractivity contribution in [3.63, 3.8) is 0 Å². The van der Waals surface area contributed by atoms with E-state index in [1.165, 1.54) is 12.1 Å². The summed E-state index contributed by atoms with van der Waals surface area (Å²) in [4.78, 5) is 12.2. The van der Waals surface area contributed by atoms with Gasteiger partial charge < -0.3 is 10.1 Å². The van der Waals surface area contributed by atoms with Crippen LogP contribution >= 0.6 is 11.6 Å². The molecule has 2 N–H and O–H groups in total. The molecule has 1 saturated heterocycles. The van der Waals surface area contributed by atoms with E-state index in [9.17, 15) is 9.18 Å². The Morgan fingerprint density at radius 2 is 2.35 bits per heavy atom. The largest absolute Gasteiger partial charge is 0.371 e. The van der Waals surface area contributed by atoms with Crippen LogP contribution in [-0.4, -0.2) is 28.8 Å². The van der Waals surface area contributed by atoms with Gasteiger partial charge in [-0.15, -0.1) is 0 Å². The van der Waals surface area contributed by atoms with Gasteiger partial charge in [0.1, 0.15) is 11.9 Å². The predicted molar refractivity (Wildman–Crippen MR) is 83.7 cm³/mol. The molecule has 2 aromatic rings. The van der Waals surface area contributed by atoms with E-state index in [-0.39, 0.29) is 29.5 Å². The number of nitrogens with one attached hydrogen (secondary N) is 2. The number of aromatic nitrogens is 2. The molecule has 1 aromatic heterocycles. The van der Waals surface area contributed by atoms with Crippen LogP contribution in [0.1, 0.15) is 29.5 Å². The molecule has 0 saturated carbocycles. The van der Waals surface area contributed by atoms with Gasteiger partial charge >= 0.3 is 0 Å². The van der Waals surface area contributed by atoms with E-state index in [2.05, 4.69) is 15.5 Å². The first kappa shape index (κ1) is 16.0. The van der Waals surface area contributed by atoms with Gasteiger partial charge in [0.25, 0.3) is 0 Å². The quantitative estimate of drug-likeness (QED) is 0.901. The molecule has 0 bridgehead atoms. The van der Waals surface area contributed by atoms with Gasteiger partial charge in [-0.05, 0) is 37.1 Å². The number of halogens is 2. The van der Waals surface area contributed by atoms with Crippen molar-refractivity contribution in [1.29, 1.82) is 0 Å². The molecule has 1 aromatic carbocycles. The Bertz CT molecular complexity index is 719. The third-order valence-corrected chi connectivity index (χ3v) is 4.12. The summed E-state index contributed by atoms with van der Waals surface area (Å²) in [5, 5.41) is 9.87. The zero-order valence-electron chi connectivity index (χ0n) is 12.6. The zero-order valence-corrected chi connectivity index (χ0v) is 13.4. The number of ether oxygens (including phenoxy) is 1. The number of carbonyl (C=O) groups is 1. The smallest absolute Gasteiger partial charge is 0.226 e. The summed E-state index contributed by atoms with van der Waals surface area (Å²) in [6.07, 6.45) is 0.509. The van der Waals surface area contributed by atoms with Gasteiger partial charge in [-0.1, -0.05) is 17.7 Å². The molecule has 0 spiro atoms.